The standard InChI is InChI=1S/C13H13N3O3/c1-9-4-3-5-11(16(17)18)13(9)15-10-6-7-12(19-2)14-8-10/h3-8,15H,1-2H3. The van der Waals surface area contributed by atoms with Crippen molar-refractivity contribution in [3.8, 4) is 5.88 Å². The summed E-state index contributed by atoms with van der Waals surface area (Å²) in [6, 6.07) is 8.37. The van der Waals surface area contributed by atoms with E-state index in [1.54, 1.807) is 24.4 Å². The largest absolute Gasteiger partial charge is 0.481 e. The number of rotatable bonds is 4. The number of aromatic nitrogens is 1. The molecular weight excluding hydrogens is 246 g/mol. The lowest BCUT2D eigenvalue weighted by molar-refractivity contribution is -0.383. The van der Waals surface area contributed by atoms with Gasteiger partial charge in [-0.2, -0.15) is 0 Å². The summed E-state index contributed by atoms with van der Waals surface area (Å²) in [7, 11) is 1.53. The maximum Gasteiger partial charge on any atom is 0.292 e. The van der Waals surface area contributed by atoms with E-state index in [2.05, 4.69) is 10.3 Å². The fourth-order valence-electron chi connectivity index (χ4n) is 1.69. The average Bonchev–Trinajstić information content (AvgIpc) is 2.41. The lowest BCUT2D eigenvalue weighted by Gasteiger charge is -2.09. The van der Waals surface area contributed by atoms with E-state index in [1.165, 1.54) is 13.2 Å². The molecular formula is C13H13N3O3. The minimum Gasteiger partial charge on any atom is -0.481 e. The van der Waals surface area contributed by atoms with Crippen LogP contribution in [0, 0.1) is 17.0 Å². The van der Waals surface area contributed by atoms with Crippen molar-refractivity contribution >= 4 is 17.1 Å². The maximum absolute atomic E-state index is 11.0. The molecule has 0 saturated heterocycles. The molecule has 2 rings (SSSR count). The third kappa shape index (κ3) is 2.79. The molecule has 0 saturated carbocycles. The van der Waals surface area contributed by atoms with Gasteiger partial charge in [0, 0.05) is 12.1 Å². The van der Waals surface area contributed by atoms with Crippen LogP contribution < -0.4 is 10.1 Å². The van der Waals surface area contributed by atoms with Crippen LogP contribution in [0.4, 0.5) is 17.1 Å². The van der Waals surface area contributed by atoms with E-state index in [-0.39, 0.29) is 5.69 Å². The molecule has 0 unspecified atom stereocenters. The van der Waals surface area contributed by atoms with Crippen LogP contribution in [0.3, 0.4) is 0 Å². The zero-order valence-corrected chi connectivity index (χ0v) is 10.6. The Labute approximate surface area is 110 Å². The first-order valence-electron chi connectivity index (χ1n) is 5.63. The highest BCUT2D eigenvalue weighted by Gasteiger charge is 2.15. The molecule has 0 atom stereocenters. The normalized spacial score (nSPS) is 10.0. The topological polar surface area (TPSA) is 77.3 Å². The molecule has 0 spiro atoms. The van der Waals surface area contributed by atoms with Gasteiger partial charge in [0.15, 0.2) is 0 Å². The van der Waals surface area contributed by atoms with E-state index in [9.17, 15) is 10.1 Å². The quantitative estimate of drug-likeness (QED) is 0.674. The minimum atomic E-state index is -0.410. The first kappa shape index (κ1) is 12.8. The summed E-state index contributed by atoms with van der Waals surface area (Å²) in [6.45, 7) is 1.81. The Bertz CT molecular complexity index is 597. The van der Waals surface area contributed by atoms with E-state index in [1.807, 2.05) is 13.0 Å². The number of hydrogen-bond donors (Lipinski definition) is 1. The molecule has 98 valence electrons. The number of para-hydroxylation sites is 1. The van der Waals surface area contributed by atoms with Gasteiger partial charge in [0.25, 0.3) is 5.69 Å². The predicted molar refractivity (Wildman–Crippen MR) is 71.9 cm³/mol. The van der Waals surface area contributed by atoms with Crippen LogP contribution in [-0.2, 0) is 0 Å². The molecule has 1 aromatic heterocycles. The summed E-state index contributed by atoms with van der Waals surface area (Å²) in [5.41, 5.74) is 1.97. The van der Waals surface area contributed by atoms with Crippen LogP contribution in [0.15, 0.2) is 36.5 Å². The predicted octanol–water partition coefficient (Wildman–Crippen LogP) is 3.05. The molecule has 1 aromatic carbocycles. The van der Waals surface area contributed by atoms with Crippen molar-refractivity contribution in [3.63, 3.8) is 0 Å². The Morgan fingerprint density at radius 2 is 2.11 bits per heavy atom. The SMILES string of the molecule is COc1ccc(Nc2c(C)cccc2[N+](=O)[O-])cn1. The molecule has 0 aliphatic carbocycles. The van der Waals surface area contributed by atoms with Crippen LogP contribution >= 0.6 is 0 Å². The summed E-state index contributed by atoms with van der Waals surface area (Å²) in [6.07, 6.45) is 1.56. The Kier molecular flexibility index (Phi) is 3.61. The monoisotopic (exact) mass is 259 g/mol. The highest BCUT2D eigenvalue weighted by Crippen LogP contribution is 2.30. The Hall–Kier alpha value is -2.63. The van der Waals surface area contributed by atoms with Crippen LogP contribution in [0.1, 0.15) is 5.56 Å². The Morgan fingerprint density at radius 3 is 2.68 bits per heavy atom. The molecule has 1 heterocycles. The van der Waals surface area contributed by atoms with Gasteiger partial charge in [-0.25, -0.2) is 4.98 Å². The number of hydrogen-bond acceptors (Lipinski definition) is 5. The van der Waals surface area contributed by atoms with Gasteiger partial charge in [-0.1, -0.05) is 12.1 Å². The van der Waals surface area contributed by atoms with E-state index in [0.29, 0.717) is 17.3 Å². The van der Waals surface area contributed by atoms with Crippen molar-refractivity contribution in [2.45, 2.75) is 6.92 Å². The van der Waals surface area contributed by atoms with Gasteiger partial charge < -0.3 is 10.1 Å². The van der Waals surface area contributed by atoms with Gasteiger partial charge in [0.05, 0.1) is 23.9 Å². The highest BCUT2D eigenvalue weighted by atomic mass is 16.6. The zero-order chi connectivity index (χ0) is 13.8. The molecule has 6 nitrogen and oxygen atoms in total. The van der Waals surface area contributed by atoms with Crippen molar-refractivity contribution in [1.82, 2.24) is 4.98 Å². The summed E-state index contributed by atoms with van der Waals surface area (Å²) in [4.78, 5) is 14.6. The fourth-order valence-corrected chi connectivity index (χ4v) is 1.69. The van der Waals surface area contributed by atoms with Gasteiger partial charge in [-0.05, 0) is 18.6 Å². The molecule has 2 aromatic rings. The van der Waals surface area contributed by atoms with E-state index < -0.39 is 4.92 Å². The van der Waals surface area contributed by atoms with Gasteiger partial charge in [-0.3, -0.25) is 10.1 Å². The summed E-state index contributed by atoms with van der Waals surface area (Å²) in [5.74, 6) is 0.491. The summed E-state index contributed by atoms with van der Waals surface area (Å²) < 4.78 is 4.96. The number of benzene rings is 1. The number of pyridine rings is 1. The number of ether oxygens (including phenoxy) is 1. The number of nitrogens with one attached hydrogen (secondary N) is 1. The first-order valence-corrected chi connectivity index (χ1v) is 5.63. The average molecular weight is 259 g/mol. The van der Waals surface area contributed by atoms with E-state index >= 15 is 0 Å². The number of nitrogens with zero attached hydrogens (tertiary/aromatic N) is 2. The third-order valence-corrected chi connectivity index (χ3v) is 2.66. The molecule has 1 N–H and O–H groups in total. The van der Waals surface area contributed by atoms with Crippen LogP contribution in [0.25, 0.3) is 0 Å². The van der Waals surface area contributed by atoms with Crippen LogP contribution in [-0.4, -0.2) is 17.0 Å². The second kappa shape index (κ2) is 5.34. The van der Waals surface area contributed by atoms with Crippen LogP contribution in [0.5, 0.6) is 5.88 Å². The Morgan fingerprint density at radius 1 is 1.32 bits per heavy atom. The van der Waals surface area contributed by atoms with Crippen molar-refractivity contribution in [3.05, 3.63) is 52.2 Å². The van der Waals surface area contributed by atoms with Gasteiger partial charge in [-0.15, -0.1) is 0 Å². The number of nitro groups is 1. The van der Waals surface area contributed by atoms with Crippen molar-refractivity contribution in [1.29, 1.82) is 0 Å². The molecule has 6 heteroatoms. The smallest absolute Gasteiger partial charge is 0.292 e. The minimum absolute atomic E-state index is 0.0378. The first-order chi connectivity index (χ1) is 9.11. The second-order valence-electron chi connectivity index (χ2n) is 3.94. The molecule has 0 aliphatic heterocycles. The van der Waals surface area contributed by atoms with Crippen molar-refractivity contribution in [2.24, 2.45) is 0 Å². The molecule has 19 heavy (non-hydrogen) atoms. The Balaban J connectivity index is 2.34. The molecule has 0 aliphatic rings. The molecule has 0 amide bonds. The molecule has 0 radical (unpaired) electrons. The number of methoxy groups -OCH3 is 1. The van der Waals surface area contributed by atoms with E-state index in [4.69, 9.17) is 4.74 Å². The lowest BCUT2D eigenvalue weighted by Crippen LogP contribution is -1.99. The molecule has 0 bridgehead atoms. The summed E-state index contributed by atoms with van der Waals surface area (Å²) >= 11 is 0. The lowest BCUT2D eigenvalue weighted by atomic mass is 10.1. The third-order valence-electron chi connectivity index (χ3n) is 2.66. The van der Waals surface area contributed by atoms with Crippen molar-refractivity contribution < 1.29 is 9.66 Å². The van der Waals surface area contributed by atoms with Gasteiger partial charge >= 0.3 is 0 Å². The number of anilines is 2. The zero-order valence-electron chi connectivity index (χ0n) is 10.6. The maximum atomic E-state index is 11.0. The molecule has 0 fully saturated rings. The van der Waals surface area contributed by atoms with Crippen LogP contribution in [0.2, 0.25) is 0 Å². The number of nitro benzene ring substituents is 1. The number of aryl methyl sites for hydroxylation is 1. The highest BCUT2D eigenvalue weighted by molar-refractivity contribution is 5.72. The summed E-state index contributed by atoms with van der Waals surface area (Å²) in [5, 5.41) is 14.0. The van der Waals surface area contributed by atoms with E-state index in [0.717, 1.165) is 5.56 Å². The van der Waals surface area contributed by atoms with Gasteiger partial charge in [0.1, 0.15) is 5.69 Å². The fraction of sp³-hybridized carbons (Fsp3) is 0.154. The van der Waals surface area contributed by atoms with Gasteiger partial charge in [0.2, 0.25) is 5.88 Å². The van der Waals surface area contributed by atoms with Crippen molar-refractivity contribution in [2.75, 3.05) is 12.4 Å². The second-order valence-corrected chi connectivity index (χ2v) is 3.94.